The fourth-order valence-electron chi connectivity index (χ4n) is 2.82. The number of halogens is 2. The highest BCUT2D eigenvalue weighted by atomic mass is 35.5. The van der Waals surface area contributed by atoms with E-state index in [1.165, 1.54) is 10.7 Å². The lowest BCUT2D eigenvalue weighted by Gasteiger charge is -2.10. The molecule has 0 radical (unpaired) electrons. The van der Waals surface area contributed by atoms with E-state index in [4.69, 9.17) is 28.3 Å². The van der Waals surface area contributed by atoms with E-state index < -0.39 is 0 Å². The summed E-state index contributed by atoms with van der Waals surface area (Å²) >= 11 is 12.4. The normalized spacial score (nSPS) is 10.7. The van der Waals surface area contributed by atoms with E-state index in [9.17, 15) is 9.59 Å². The lowest BCUT2D eigenvalue weighted by Crippen LogP contribution is -2.26. The standard InChI is InChI=1S/C21H19Cl2N3O3/c22-17-4-2-1-3-14(17)9-10-24-21(29)16-13-15(5-6-18(16)23)19-7-8-20(28)26(25-19)11-12-27/h1-8,13,27H,9-12H2,(H,24,29). The number of benzene rings is 2. The largest absolute Gasteiger partial charge is 0.394 e. The molecule has 0 spiro atoms. The van der Waals surface area contributed by atoms with Gasteiger partial charge in [0.1, 0.15) is 0 Å². The number of nitrogens with one attached hydrogen (secondary N) is 1. The van der Waals surface area contributed by atoms with E-state index in [-0.39, 0.29) is 24.6 Å². The molecule has 0 bridgehead atoms. The van der Waals surface area contributed by atoms with Gasteiger partial charge in [-0.3, -0.25) is 9.59 Å². The van der Waals surface area contributed by atoms with Crippen molar-refractivity contribution in [3.05, 3.63) is 86.1 Å². The third-order valence-electron chi connectivity index (χ3n) is 4.32. The Morgan fingerprint density at radius 1 is 1.07 bits per heavy atom. The van der Waals surface area contributed by atoms with Crippen molar-refractivity contribution in [2.24, 2.45) is 0 Å². The molecule has 3 rings (SSSR count). The monoisotopic (exact) mass is 431 g/mol. The topological polar surface area (TPSA) is 84.2 Å². The molecule has 6 nitrogen and oxygen atoms in total. The van der Waals surface area contributed by atoms with Crippen LogP contribution in [0.2, 0.25) is 10.0 Å². The zero-order valence-corrected chi connectivity index (χ0v) is 17.0. The number of amides is 1. The Balaban J connectivity index is 1.76. The molecule has 0 saturated heterocycles. The summed E-state index contributed by atoms with van der Waals surface area (Å²) in [5.74, 6) is -0.312. The van der Waals surface area contributed by atoms with Gasteiger partial charge >= 0.3 is 0 Å². The van der Waals surface area contributed by atoms with Crippen LogP contribution >= 0.6 is 23.2 Å². The quantitative estimate of drug-likeness (QED) is 0.601. The Morgan fingerprint density at radius 2 is 1.86 bits per heavy atom. The SMILES string of the molecule is O=C(NCCc1ccccc1Cl)c1cc(-c2ccc(=O)n(CCO)n2)ccc1Cl. The van der Waals surface area contributed by atoms with E-state index in [1.54, 1.807) is 24.3 Å². The van der Waals surface area contributed by atoms with Crippen molar-refractivity contribution in [2.75, 3.05) is 13.2 Å². The van der Waals surface area contributed by atoms with Gasteiger partial charge in [0.25, 0.3) is 11.5 Å². The van der Waals surface area contributed by atoms with E-state index in [1.807, 2.05) is 24.3 Å². The van der Waals surface area contributed by atoms with Crippen LogP contribution in [0.1, 0.15) is 15.9 Å². The lowest BCUT2D eigenvalue weighted by molar-refractivity contribution is 0.0954. The Labute approximate surface area is 177 Å². The first-order valence-electron chi connectivity index (χ1n) is 9.00. The summed E-state index contributed by atoms with van der Waals surface area (Å²) in [6.45, 7) is 0.300. The lowest BCUT2D eigenvalue weighted by atomic mass is 10.1. The number of nitrogens with zero attached hydrogens (tertiary/aromatic N) is 2. The van der Waals surface area contributed by atoms with Crippen molar-refractivity contribution < 1.29 is 9.90 Å². The highest BCUT2D eigenvalue weighted by molar-refractivity contribution is 6.34. The number of aliphatic hydroxyl groups is 1. The van der Waals surface area contributed by atoms with Crippen LogP contribution in [0.15, 0.2) is 59.4 Å². The van der Waals surface area contributed by atoms with E-state index in [0.717, 1.165) is 5.56 Å². The molecular weight excluding hydrogens is 413 g/mol. The van der Waals surface area contributed by atoms with Gasteiger partial charge in [-0.2, -0.15) is 5.10 Å². The molecule has 2 aromatic carbocycles. The highest BCUT2D eigenvalue weighted by Gasteiger charge is 2.13. The summed E-state index contributed by atoms with van der Waals surface area (Å²) < 4.78 is 1.17. The zero-order valence-electron chi connectivity index (χ0n) is 15.4. The molecule has 0 saturated carbocycles. The summed E-state index contributed by atoms with van der Waals surface area (Å²) in [6, 6.07) is 15.4. The predicted molar refractivity (Wildman–Crippen MR) is 114 cm³/mol. The predicted octanol–water partition coefficient (Wildman–Crippen LogP) is 3.18. The minimum Gasteiger partial charge on any atom is -0.394 e. The first-order valence-corrected chi connectivity index (χ1v) is 9.75. The molecule has 8 heteroatoms. The second-order valence-electron chi connectivity index (χ2n) is 6.30. The molecule has 150 valence electrons. The maximum absolute atomic E-state index is 12.6. The van der Waals surface area contributed by atoms with Crippen molar-refractivity contribution in [2.45, 2.75) is 13.0 Å². The van der Waals surface area contributed by atoms with Crippen molar-refractivity contribution in [3.8, 4) is 11.3 Å². The summed E-state index contributed by atoms with van der Waals surface area (Å²) in [6.07, 6.45) is 0.594. The van der Waals surface area contributed by atoms with E-state index >= 15 is 0 Å². The third-order valence-corrected chi connectivity index (χ3v) is 5.02. The van der Waals surface area contributed by atoms with E-state index in [0.29, 0.717) is 39.8 Å². The number of hydrogen-bond acceptors (Lipinski definition) is 4. The number of aromatic nitrogens is 2. The van der Waals surface area contributed by atoms with Crippen LogP contribution < -0.4 is 10.9 Å². The van der Waals surface area contributed by atoms with E-state index in [2.05, 4.69) is 10.4 Å². The van der Waals surface area contributed by atoms with Crippen molar-refractivity contribution in [1.29, 1.82) is 0 Å². The molecule has 0 unspecified atom stereocenters. The van der Waals surface area contributed by atoms with Gasteiger partial charge in [-0.1, -0.05) is 47.5 Å². The van der Waals surface area contributed by atoms with Crippen molar-refractivity contribution in [3.63, 3.8) is 0 Å². The highest BCUT2D eigenvalue weighted by Crippen LogP contribution is 2.23. The van der Waals surface area contributed by atoms with Gasteiger partial charge in [0.05, 0.1) is 29.4 Å². The van der Waals surface area contributed by atoms with Gasteiger partial charge in [0.15, 0.2) is 0 Å². The number of carbonyl (C=O) groups is 1. The first kappa shape index (κ1) is 21.0. The fraction of sp³-hybridized carbons (Fsp3) is 0.190. The Bertz CT molecular complexity index is 1080. The Morgan fingerprint density at radius 3 is 2.62 bits per heavy atom. The molecule has 0 aliphatic rings. The van der Waals surface area contributed by atoms with Gasteiger partial charge in [-0.15, -0.1) is 0 Å². The molecule has 1 amide bonds. The summed E-state index contributed by atoms with van der Waals surface area (Å²) in [5, 5.41) is 17.1. The van der Waals surface area contributed by atoms with Gasteiger partial charge in [0, 0.05) is 23.2 Å². The van der Waals surface area contributed by atoms with Crippen LogP contribution in [0, 0.1) is 0 Å². The molecule has 0 atom stereocenters. The van der Waals surface area contributed by atoms with Crippen LogP contribution in [-0.2, 0) is 13.0 Å². The molecule has 29 heavy (non-hydrogen) atoms. The van der Waals surface area contributed by atoms with Crippen molar-refractivity contribution in [1.82, 2.24) is 15.1 Å². The number of rotatable bonds is 7. The third kappa shape index (κ3) is 5.23. The average Bonchev–Trinajstić information content (AvgIpc) is 2.71. The molecule has 3 aromatic rings. The maximum atomic E-state index is 12.6. The molecular formula is C21H19Cl2N3O3. The summed E-state index contributed by atoms with van der Waals surface area (Å²) in [5.41, 5.74) is 2.08. The number of hydrogen-bond donors (Lipinski definition) is 2. The summed E-state index contributed by atoms with van der Waals surface area (Å²) in [7, 11) is 0. The molecule has 1 heterocycles. The van der Waals surface area contributed by atoms with Gasteiger partial charge < -0.3 is 10.4 Å². The summed E-state index contributed by atoms with van der Waals surface area (Å²) in [4.78, 5) is 24.4. The average molecular weight is 432 g/mol. The van der Waals surface area contributed by atoms with Crippen LogP contribution in [0.25, 0.3) is 11.3 Å². The van der Waals surface area contributed by atoms with Crippen LogP contribution in [0.4, 0.5) is 0 Å². The second-order valence-corrected chi connectivity index (χ2v) is 7.11. The second kappa shape index (κ2) is 9.69. The first-order chi connectivity index (χ1) is 14.0. The van der Waals surface area contributed by atoms with Crippen molar-refractivity contribution >= 4 is 29.1 Å². The van der Waals surface area contributed by atoms with Crippen LogP contribution in [0.5, 0.6) is 0 Å². The molecule has 0 aliphatic carbocycles. The Kier molecular flexibility index (Phi) is 7.04. The molecule has 0 fully saturated rings. The van der Waals surface area contributed by atoms with Crippen LogP contribution in [0.3, 0.4) is 0 Å². The maximum Gasteiger partial charge on any atom is 0.266 e. The smallest absolute Gasteiger partial charge is 0.266 e. The Hall–Kier alpha value is -2.67. The number of carbonyl (C=O) groups excluding carboxylic acids is 1. The molecule has 0 aliphatic heterocycles. The van der Waals surface area contributed by atoms with Gasteiger partial charge in [-0.25, -0.2) is 4.68 Å². The molecule has 2 N–H and O–H groups in total. The minimum absolute atomic E-state index is 0.0929. The number of aliphatic hydroxyl groups excluding tert-OH is 1. The zero-order chi connectivity index (χ0) is 20.8. The minimum atomic E-state index is -0.312. The van der Waals surface area contributed by atoms with Gasteiger partial charge in [-0.05, 0) is 36.2 Å². The van der Waals surface area contributed by atoms with Gasteiger partial charge in [0.2, 0.25) is 0 Å². The molecule has 1 aromatic heterocycles. The van der Waals surface area contributed by atoms with Crippen LogP contribution in [-0.4, -0.2) is 33.9 Å². The fourth-order valence-corrected chi connectivity index (χ4v) is 3.26.